The number of benzene rings is 4. The highest BCUT2D eigenvalue weighted by atomic mass is 16.3. The second-order valence-electron chi connectivity index (χ2n) is 8.43. The van der Waals surface area contributed by atoms with Crippen molar-refractivity contribution < 1.29 is 8.98 Å². The smallest absolute Gasteiger partial charge is 0.234 e. The van der Waals surface area contributed by atoms with Gasteiger partial charge in [0.2, 0.25) is 5.69 Å². The standard InChI is InChI=1S/C30H23N2O/c1-20-11-16-26-25-10-6-9-24(23-14-12-22(13-15-23)21-7-4-3-5-8-21)29(25)33-30(26)28(20)27-19-31-17-18-32(27)2/h3-19H,1-2H3/q+1. The summed E-state index contributed by atoms with van der Waals surface area (Å²) in [4.78, 5) is 4.36. The number of furan rings is 1. The summed E-state index contributed by atoms with van der Waals surface area (Å²) < 4.78 is 8.72. The molecule has 0 amide bonds. The zero-order chi connectivity index (χ0) is 22.4. The van der Waals surface area contributed by atoms with E-state index in [0.717, 1.165) is 44.3 Å². The molecule has 3 nitrogen and oxygen atoms in total. The third-order valence-corrected chi connectivity index (χ3v) is 6.39. The Kier molecular flexibility index (Phi) is 4.55. The van der Waals surface area contributed by atoms with E-state index in [0.29, 0.717) is 0 Å². The van der Waals surface area contributed by atoms with Crippen molar-refractivity contribution in [3.05, 3.63) is 109 Å². The first-order valence-electron chi connectivity index (χ1n) is 11.1. The number of aromatic nitrogens is 2. The summed E-state index contributed by atoms with van der Waals surface area (Å²) in [6, 6.07) is 29.9. The molecule has 3 heteroatoms. The maximum absolute atomic E-state index is 6.63. The molecule has 0 saturated carbocycles. The van der Waals surface area contributed by atoms with Crippen molar-refractivity contribution in [2.45, 2.75) is 6.92 Å². The Labute approximate surface area is 192 Å². The first kappa shape index (κ1) is 19.4. The molecule has 0 aliphatic heterocycles. The van der Waals surface area contributed by atoms with Crippen molar-refractivity contribution in [3.8, 4) is 33.5 Å². The molecule has 0 aliphatic carbocycles. The fraction of sp³-hybridized carbons (Fsp3) is 0.0667. The SMILES string of the molecule is Cc1ccc2c(oc3c(-c4ccc(-c5ccccc5)cc4)cccc32)c1-c1cncc[n+]1C. The van der Waals surface area contributed by atoms with Crippen molar-refractivity contribution in [1.82, 2.24) is 4.98 Å². The van der Waals surface area contributed by atoms with E-state index in [1.54, 1.807) is 6.20 Å². The third-order valence-electron chi connectivity index (χ3n) is 6.39. The van der Waals surface area contributed by atoms with Gasteiger partial charge in [-0.15, -0.1) is 0 Å². The topological polar surface area (TPSA) is 29.9 Å². The van der Waals surface area contributed by atoms with Gasteiger partial charge in [0.15, 0.2) is 6.20 Å². The van der Waals surface area contributed by atoms with E-state index in [4.69, 9.17) is 4.42 Å². The maximum atomic E-state index is 6.63. The molecule has 0 atom stereocenters. The quantitative estimate of drug-likeness (QED) is 0.282. The molecule has 33 heavy (non-hydrogen) atoms. The predicted octanol–water partition coefficient (Wildman–Crippen LogP) is 7.11. The monoisotopic (exact) mass is 427 g/mol. The summed E-state index contributed by atoms with van der Waals surface area (Å²) in [5.41, 5.74) is 9.78. The van der Waals surface area contributed by atoms with Crippen LogP contribution in [-0.4, -0.2) is 4.98 Å². The number of rotatable bonds is 3. The van der Waals surface area contributed by atoms with Crippen LogP contribution in [0.3, 0.4) is 0 Å². The summed E-state index contributed by atoms with van der Waals surface area (Å²) in [7, 11) is 2.04. The van der Waals surface area contributed by atoms with E-state index in [2.05, 4.69) is 95.3 Å². The van der Waals surface area contributed by atoms with Crippen LogP contribution in [-0.2, 0) is 7.05 Å². The van der Waals surface area contributed by atoms with Crippen LogP contribution in [0, 0.1) is 6.92 Å². The Balaban J connectivity index is 1.55. The summed E-state index contributed by atoms with van der Waals surface area (Å²) in [5.74, 6) is 0. The largest absolute Gasteiger partial charge is 0.454 e. The highest BCUT2D eigenvalue weighted by Gasteiger charge is 2.21. The molecule has 0 radical (unpaired) electrons. The van der Waals surface area contributed by atoms with Gasteiger partial charge in [-0.3, -0.25) is 4.98 Å². The minimum Gasteiger partial charge on any atom is -0.454 e. The van der Waals surface area contributed by atoms with Gasteiger partial charge < -0.3 is 4.42 Å². The molecule has 2 heterocycles. The third kappa shape index (κ3) is 3.21. The Morgan fingerprint density at radius 1 is 0.697 bits per heavy atom. The lowest BCUT2D eigenvalue weighted by Crippen LogP contribution is -2.30. The van der Waals surface area contributed by atoms with Crippen molar-refractivity contribution in [2.24, 2.45) is 7.05 Å². The summed E-state index contributed by atoms with van der Waals surface area (Å²) >= 11 is 0. The van der Waals surface area contributed by atoms with Gasteiger partial charge in [0.25, 0.3) is 0 Å². The van der Waals surface area contributed by atoms with Crippen LogP contribution in [0.15, 0.2) is 108 Å². The highest BCUT2D eigenvalue weighted by molar-refractivity contribution is 6.13. The van der Waals surface area contributed by atoms with Gasteiger partial charge in [-0.2, -0.15) is 4.57 Å². The van der Waals surface area contributed by atoms with E-state index in [-0.39, 0.29) is 0 Å². The van der Waals surface area contributed by atoms with Gasteiger partial charge in [0.05, 0.1) is 18.0 Å². The lowest BCUT2D eigenvalue weighted by Gasteiger charge is -2.06. The Bertz CT molecular complexity index is 1610. The van der Waals surface area contributed by atoms with Crippen LogP contribution < -0.4 is 4.57 Å². The second-order valence-corrected chi connectivity index (χ2v) is 8.43. The maximum Gasteiger partial charge on any atom is 0.234 e. The summed E-state index contributed by atoms with van der Waals surface area (Å²) in [5, 5.41) is 2.25. The van der Waals surface area contributed by atoms with Crippen molar-refractivity contribution in [2.75, 3.05) is 0 Å². The van der Waals surface area contributed by atoms with Gasteiger partial charge in [0.1, 0.15) is 18.2 Å². The lowest BCUT2D eigenvalue weighted by molar-refractivity contribution is -0.660. The van der Waals surface area contributed by atoms with Crippen LogP contribution in [0.1, 0.15) is 5.56 Å². The van der Waals surface area contributed by atoms with E-state index < -0.39 is 0 Å². The Morgan fingerprint density at radius 2 is 1.42 bits per heavy atom. The van der Waals surface area contributed by atoms with Gasteiger partial charge in [-0.05, 0) is 29.2 Å². The average Bonchev–Trinajstić information content (AvgIpc) is 3.24. The average molecular weight is 428 g/mol. The minimum atomic E-state index is 0.905. The first-order chi connectivity index (χ1) is 16.2. The van der Waals surface area contributed by atoms with E-state index in [9.17, 15) is 0 Å². The molecule has 6 rings (SSSR count). The van der Waals surface area contributed by atoms with Crippen LogP contribution in [0.25, 0.3) is 55.4 Å². The summed E-state index contributed by atoms with van der Waals surface area (Å²) in [6.07, 6.45) is 5.67. The van der Waals surface area contributed by atoms with Gasteiger partial charge in [-0.25, -0.2) is 0 Å². The predicted molar refractivity (Wildman–Crippen MR) is 134 cm³/mol. The molecule has 0 N–H and O–H groups in total. The molecular formula is C30H23N2O+. The number of aryl methyl sites for hydroxylation is 2. The van der Waals surface area contributed by atoms with Crippen LogP contribution in [0.5, 0.6) is 0 Å². The zero-order valence-electron chi connectivity index (χ0n) is 18.6. The number of nitrogens with zero attached hydrogens (tertiary/aromatic N) is 2. The van der Waals surface area contributed by atoms with Gasteiger partial charge >= 0.3 is 0 Å². The van der Waals surface area contributed by atoms with Gasteiger partial charge in [-0.1, -0.05) is 84.9 Å². The fourth-order valence-electron chi connectivity index (χ4n) is 4.64. The fourth-order valence-corrected chi connectivity index (χ4v) is 4.64. The van der Waals surface area contributed by atoms with E-state index in [1.807, 2.05) is 25.5 Å². The molecule has 0 spiro atoms. The Hall–Kier alpha value is -4.24. The summed E-state index contributed by atoms with van der Waals surface area (Å²) in [6.45, 7) is 2.12. The lowest BCUT2D eigenvalue weighted by atomic mass is 9.98. The number of hydrogen-bond donors (Lipinski definition) is 0. The van der Waals surface area contributed by atoms with Crippen molar-refractivity contribution >= 4 is 21.9 Å². The normalized spacial score (nSPS) is 11.3. The van der Waals surface area contributed by atoms with Crippen LogP contribution in [0.4, 0.5) is 0 Å². The molecule has 4 aromatic carbocycles. The van der Waals surface area contributed by atoms with Crippen LogP contribution in [0.2, 0.25) is 0 Å². The molecule has 0 bridgehead atoms. The van der Waals surface area contributed by atoms with Crippen molar-refractivity contribution in [3.63, 3.8) is 0 Å². The zero-order valence-corrected chi connectivity index (χ0v) is 18.6. The molecule has 2 aromatic heterocycles. The molecule has 0 fully saturated rings. The second kappa shape index (κ2) is 7.72. The molecule has 0 saturated heterocycles. The highest BCUT2D eigenvalue weighted by Crippen LogP contribution is 2.40. The van der Waals surface area contributed by atoms with E-state index >= 15 is 0 Å². The van der Waals surface area contributed by atoms with Crippen molar-refractivity contribution in [1.29, 1.82) is 0 Å². The first-order valence-corrected chi connectivity index (χ1v) is 11.1. The Morgan fingerprint density at radius 3 is 2.21 bits per heavy atom. The van der Waals surface area contributed by atoms with E-state index in [1.165, 1.54) is 16.7 Å². The number of para-hydroxylation sites is 1. The van der Waals surface area contributed by atoms with Gasteiger partial charge in [0, 0.05) is 16.3 Å². The van der Waals surface area contributed by atoms with Crippen LogP contribution >= 0.6 is 0 Å². The molecule has 0 aliphatic rings. The molecular weight excluding hydrogens is 404 g/mol. The minimum absolute atomic E-state index is 0.905. The molecule has 158 valence electrons. The molecule has 0 unspecified atom stereocenters. The number of fused-ring (bicyclic) bond motifs is 3. The molecule has 6 aromatic rings. The number of hydrogen-bond acceptors (Lipinski definition) is 2.